The maximum Gasteiger partial charge on any atom is 0.257 e. The molecule has 2 heterocycles. The number of hydrogen-bond acceptors (Lipinski definition) is 5. The van der Waals surface area contributed by atoms with Crippen LogP contribution in [0, 0.1) is 32.1 Å². The van der Waals surface area contributed by atoms with Crippen LogP contribution in [-0.2, 0) is 6.54 Å². The highest BCUT2D eigenvalue weighted by Crippen LogP contribution is 2.25. The predicted molar refractivity (Wildman–Crippen MR) is 123 cm³/mol. The molecule has 1 amide bonds. The maximum atomic E-state index is 12.8. The molecule has 6 nitrogen and oxygen atoms in total. The Morgan fingerprint density at radius 2 is 1.84 bits per heavy atom. The molecule has 0 fully saturated rings. The Bertz CT molecular complexity index is 1180. The molecule has 0 aliphatic heterocycles. The number of thioether (sulfide) groups is 1. The number of nitriles is 1. The average Bonchev–Trinajstić information content (AvgIpc) is 3.05. The Morgan fingerprint density at radius 1 is 1.13 bits per heavy atom. The third kappa shape index (κ3) is 4.86. The van der Waals surface area contributed by atoms with Gasteiger partial charge in [0.1, 0.15) is 11.1 Å². The SMILES string of the molecule is CCn1c(C)cc(C(=O)CSc2nc(C)c(C(=O)Nc3ccccc3)cc2C#N)c1C. The lowest BCUT2D eigenvalue weighted by atomic mass is 10.1. The molecule has 0 atom stereocenters. The molecule has 0 saturated carbocycles. The molecule has 0 saturated heterocycles. The second kappa shape index (κ2) is 9.63. The minimum Gasteiger partial charge on any atom is -0.349 e. The van der Waals surface area contributed by atoms with Gasteiger partial charge in [0.2, 0.25) is 0 Å². The monoisotopic (exact) mass is 432 g/mol. The molecular formula is C24H24N4O2S. The maximum absolute atomic E-state index is 12.8. The summed E-state index contributed by atoms with van der Waals surface area (Å²) in [6, 6.07) is 14.6. The van der Waals surface area contributed by atoms with Crippen molar-refractivity contribution in [2.75, 3.05) is 11.1 Å². The lowest BCUT2D eigenvalue weighted by Gasteiger charge is -2.10. The molecule has 1 aromatic carbocycles. The van der Waals surface area contributed by atoms with E-state index in [9.17, 15) is 14.9 Å². The Labute approximate surface area is 186 Å². The van der Waals surface area contributed by atoms with Crippen molar-refractivity contribution >= 4 is 29.1 Å². The number of amides is 1. The molecule has 0 spiro atoms. The molecule has 3 aromatic rings. The van der Waals surface area contributed by atoms with Gasteiger partial charge >= 0.3 is 0 Å². The van der Waals surface area contributed by atoms with Crippen molar-refractivity contribution in [3.63, 3.8) is 0 Å². The van der Waals surface area contributed by atoms with Crippen molar-refractivity contribution in [1.29, 1.82) is 5.26 Å². The highest BCUT2D eigenvalue weighted by molar-refractivity contribution is 8.00. The summed E-state index contributed by atoms with van der Waals surface area (Å²) in [7, 11) is 0. The first-order chi connectivity index (χ1) is 14.8. The van der Waals surface area contributed by atoms with Gasteiger partial charge in [-0.25, -0.2) is 4.98 Å². The highest BCUT2D eigenvalue weighted by Gasteiger charge is 2.19. The minimum absolute atomic E-state index is 0.00737. The van der Waals surface area contributed by atoms with E-state index in [4.69, 9.17) is 0 Å². The van der Waals surface area contributed by atoms with Crippen LogP contribution in [0.25, 0.3) is 0 Å². The average molecular weight is 433 g/mol. The lowest BCUT2D eigenvalue weighted by molar-refractivity contribution is 0.101. The summed E-state index contributed by atoms with van der Waals surface area (Å²) in [4.78, 5) is 29.9. The lowest BCUT2D eigenvalue weighted by Crippen LogP contribution is -2.15. The van der Waals surface area contributed by atoms with Crippen molar-refractivity contribution in [3.05, 3.63) is 76.2 Å². The molecule has 0 unspecified atom stereocenters. The number of hydrogen-bond donors (Lipinski definition) is 1. The third-order valence-electron chi connectivity index (χ3n) is 5.11. The topological polar surface area (TPSA) is 87.8 Å². The number of para-hydroxylation sites is 1. The quantitative estimate of drug-likeness (QED) is 0.423. The van der Waals surface area contributed by atoms with Crippen molar-refractivity contribution in [2.45, 2.75) is 39.3 Å². The summed E-state index contributed by atoms with van der Waals surface area (Å²) in [6.07, 6.45) is 0. The second-order valence-electron chi connectivity index (χ2n) is 7.15. The third-order valence-corrected chi connectivity index (χ3v) is 6.10. The molecule has 0 radical (unpaired) electrons. The predicted octanol–water partition coefficient (Wildman–Crippen LogP) is 4.93. The van der Waals surface area contributed by atoms with Gasteiger partial charge in [-0.1, -0.05) is 30.0 Å². The molecule has 2 aromatic heterocycles. The van der Waals surface area contributed by atoms with E-state index in [1.165, 1.54) is 17.8 Å². The number of aromatic nitrogens is 2. The Kier molecular flexibility index (Phi) is 6.93. The fraction of sp³-hybridized carbons (Fsp3) is 0.250. The Hall–Kier alpha value is -3.37. The Morgan fingerprint density at radius 3 is 2.45 bits per heavy atom. The smallest absolute Gasteiger partial charge is 0.257 e. The number of anilines is 1. The number of Topliss-reactive ketones (excluding diaryl/α,β-unsaturated/α-hetero) is 1. The van der Waals surface area contributed by atoms with Crippen LogP contribution in [0.3, 0.4) is 0 Å². The van der Waals surface area contributed by atoms with Gasteiger partial charge in [-0.15, -0.1) is 0 Å². The van der Waals surface area contributed by atoms with E-state index in [2.05, 4.69) is 20.9 Å². The molecular weight excluding hydrogens is 408 g/mol. The van der Waals surface area contributed by atoms with Gasteiger partial charge in [0.05, 0.1) is 22.6 Å². The van der Waals surface area contributed by atoms with E-state index < -0.39 is 0 Å². The zero-order valence-electron chi connectivity index (χ0n) is 18.0. The van der Waals surface area contributed by atoms with E-state index in [0.29, 0.717) is 27.5 Å². The first-order valence-corrected chi connectivity index (χ1v) is 10.9. The Balaban J connectivity index is 1.78. The number of rotatable bonds is 7. The fourth-order valence-corrected chi connectivity index (χ4v) is 4.39. The molecule has 1 N–H and O–H groups in total. The van der Waals surface area contributed by atoms with Crippen LogP contribution < -0.4 is 5.32 Å². The summed E-state index contributed by atoms with van der Waals surface area (Å²) < 4.78 is 2.10. The van der Waals surface area contributed by atoms with Crippen molar-refractivity contribution in [1.82, 2.24) is 9.55 Å². The summed E-state index contributed by atoms with van der Waals surface area (Å²) in [6.45, 7) is 8.51. The highest BCUT2D eigenvalue weighted by atomic mass is 32.2. The normalized spacial score (nSPS) is 10.5. The van der Waals surface area contributed by atoms with Gasteiger partial charge < -0.3 is 9.88 Å². The van der Waals surface area contributed by atoms with Gasteiger partial charge in [-0.2, -0.15) is 5.26 Å². The molecule has 0 aliphatic carbocycles. The van der Waals surface area contributed by atoms with Crippen LogP contribution >= 0.6 is 11.8 Å². The molecule has 158 valence electrons. The van der Waals surface area contributed by atoms with Crippen LogP contribution in [-0.4, -0.2) is 27.0 Å². The number of nitrogens with zero attached hydrogens (tertiary/aromatic N) is 3. The number of carbonyl (C=O) groups excluding carboxylic acids is 2. The van der Waals surface area contributed by atoms with Gasteiger partial charge in [0.15, 0.2) is 5.78 Å². The van der Waals surface area contributed by atoms with Crippen LogP contribution in [0.1, 0.15) is 50.3 Å². The van der Waals surface area contributed by atoms with E-state index in [-0.39, 0.29) is 23.0 Å². The zero-order valence-corrected chi connectivity index (χ0v) is 18.8. The van der Waals surface area contributed by atoms with Gasteiger partial charge in [-0.05, 0) is 52.0 Å². The van der Waals surface area contributed by atoms with Crippen molar-refractivity contribution in [2.24, 2.45) is 0 Å². The van der Waals surface area contributed by atoms with Crippen LogP contribution in [0.15, 0.2) is 47.5 Å². The van der Waals surface area contributed by atoms with E-state index in [1.807, 2.05) is 45.0 Å². The van der Waals surface area contributed by atoms with Crippen LogP contribution in [0.4, 0.5) is 5.69 Å². The number of aryl methyl sites for hydroxylation is 2. The van der Waals surface area contributed by atoms with Crippen molar-refractivity contribution in [3.8, 4) is 6.07 Å². The van der Waals surface area contributed by atoms with Crippen LogP contribution in [0.2, 0.25) is 0 Å². The van der Waals surface area contributed by atoms with Crippen molar-refractivity contribution < 1.29 is 9.59 Å². The summed E-state index contributed by atoms with van der Waals surface area (Å²) in [5.74, 6) is -0.163. The van der Waals surface area contributed by atoms with E-state index >= 15 is 0 Å². The number of ketones is 1. The summed E-state index contributed by atoms with van der Waals surface area (Å²) in [5, 5.41) is 12.8. The molecule has 0 bridgehead atoms. The van der Waals surface area contributed by atoms with E-state index in [1.54, 1.807) is 19.1 Å². The number of nitrogens with one attached hydrogen (secondary N) is 1. The molecule has 7 heteroatoms. The summed E-state index contributed by atoms with van der Waals surface area (Å²) in [5.41, 5.74) is 4.48. The number of carbonyl (C=O) groups is 2. The molecule has 0 aliphatic rings. The largest absolute Gasteiger partial charge is 0.349 e. The van der Waals surface area contributed by atoms with Gasteiger partial charge in [0.25, 0.3) is 5.91 Å². The van der Waals surface area contributed by atoms with Gasteiger partial charge in [-0.3, -0.25) is 9.59 Å². The van der Waals surface area contributed by atoms with Gasteiger partial charge in [0, 0.05) is 29.2 Å². The molecule has 31 heavy (non-hydrogen) atoms. The zero-order chi connectivity index (χ0) is 22.5. The number of pyridine rings is 1. The van der Waals surface area contributed by atoms with Crippen LogP contribution in [0.5, 0.6) is 0 Å². The number of benzene rings is 1. The summed E-state index contributed by atoms with van der Waals surface area (Å²) >= 11 is 1.22. The molecule has 3 rings (SSSR count). The van der Waals surface area contributed by atoms with E-state index in [0.717, 1.165) is 17.9 Å². The first-order valence-electron chi connectivity index (χ1n) is 9.96. The standard InChI is InChI=1S/C24H24N4O2S/c1-5-28-15(2)11-21(17(28)4)22(29)14-31-24-18(13-25)12-20(16(3)26-24)23(30)27-19-9-7-6-8-10-19/h6-12H,5,14H2,1-4H3,(H,27,30). The first kappa shape index (κ1) is 22.3. The fourth-order valence-electron chi connectivity index (χ4n) is 3.50. The second-order valence-corrected chi connectivity index (χ2v) is 8.11. The minimum atomic E-state index is -0.327.